The summed E-state index contributed by atoms with van der Waals surface area (Å²) < 4.78 is 13.0. The number of anilines is 1. The summed E-state index contributed by atoms with van der Waals surface area (Å²) in [4.78, 5) is 10.3. The van der Waals surface area contributed by atoms with Crippen molar-refractivity contribution in [1.29, 1.82) is 0 Å². The van der Waals surface area contributed by atoms with E-state index in [2.05, 4.69) is 20.2 Å². The average Bonchev–Trinajstić information content (AvgIpc) is 2.41. The van der Waals surface area contributed by atoms with Gasteiger partial charge in [0.05, 0.1) is 6.04 Å². The van der Waals surface area contributed by atoms with Gasteiger partial charge in [0.15, 0.2) is 0 Å². The third-order valence-corrected chi connectivity index (χ3v) is 3.16. The van der Waals surface area contributed by atoms with Crippen LogP contribution in [0.15, 0.2) is 36.7 Å². The number of halogens is 1. The van der Waals surface area contributed by atoms with Crippen LogP contribution < -0.4 is 5.32 Å². The van der Waals surface area contributed by atoms with Crippen molar-refractivity contribution < 1.29 is 4.39 Å². The normalized spacial score (nSPS) is 12.4. The molecule has 0 amide bonds. The molecule has 0 aliphatic heterocycles. The van der Waals surface area contributed by atoms with E-state index in [0.29, 0.717) is 6.54 Å². The Morgan fingerprint density at radius 2 is 1.90 bits per heavy atom. The second-order valence-electron chi connectivity index (χ2n) is 4.96. The number of likely N-dealkylation sites (N-methyl/N-ethyl adjacent to an activating group) is 1. The quantitative estimate of drug-likeness (QED) is 0.910. The first-order chi connectivity index (χ1) is 9.56. The molecule has 0 aliphatic carbocycles. The highest BCUT2D eigenvalue weighted by Gasteiger charge is 2.14. The molecule has 1 N–H and O–H groups in total. The Balaban J connectivity index is 2.08. The Kier molecular flexibility index (Phi) is 4.63. The van der Waals surface area contributed by atoms with Gasteiger partial charge < -0.3 is 10.2 Å². The van der Waals surface area contributed by atoms with Crippen molar-refractivity contribution >= 4 is 5.82 Å². The van der Waals surface area contributed by atoms with Crippen molar-refractivity contribution in [2.45, 2.75) is 13.0 Å². The molecule has 0 radical (unpaired) electrons. The van der Waals surface area contributed by atoms with Crippen LogP contribution in [0.3, 0.4) is 0 Å². The number of benzene rings is 1. The molecule has 0 saturated heterocycles. The summed E-state index contributed by atoms with van der Waals surface area (Å²) >= 11 is 0. The molecule has 1 aromatic heterocycles. The van der Waals surface area contributed by atoms with Crippen molar-refractivity contribution in [3.8, 4) is 0 Å². The van der Waals surface area contributed by atoms with Crippen LogP contribution in [0, 0.1) is 12.7 Å². The molecular formula is C15H19FN4. The second-order valence-corrected chi connectivity index (χ2v) is 4.96. The predicted octanol–water partition coefficient (Wildman–Crippen LogP) is 2.64. The zero-order valence-corrected chi connectivity index (χ0v) is 12.0. The number of rotatable bonds is 5. The van der Waals surface area contributed by atoms with Crippen molar-refractivity contribution in [2.24, 2.45) is 0 Å². The largest absolute Gasteiger partial charge is 0.368 e. The van der Waals surface area contributed by atoms with Crippen LogP contribution in [-0.2, 0) is 0 Å². The van der Waals surface area contributed by atoms with Gasteiger partial charge in [-0.25, -0.2) is 14.4 Å². The van der Waals surface area contributed by atoms with Crippen LogP contribution in [0.25, 0.3) is 0 Å². The van der Waals surface area contributed by atoms with Crippen molar-refractivity contribution in [3.05, 3.63) is 53.7 Å². The first-order valence-corrected chi connectivity index (χ1v) is 6.50. The molecule has 106 valence electrons. The summed E-state index contributed by atoms with van der Waals surface area (Å²) in [6, 6.07) is 8.64. The molecule has 1 aromatic carbocycles. The maximum Gasteiger partial charge on any atom is 0.129 e. The van der Waals surface area contributed by atoms with E-state index in [9.17, 15) is 4.39 Å². The summed E-state index contributed by atoms with van der Waals surface area (Å²) in [5, 5.41) is 3.29. The van der Waals surface area contributed by atoms with E-state index in [1.165, 1.54) is 12.1 Å². The fourth-order valence-electron chi connectivity index (χ4n) is 2.04. The van der Waals surface area contributed by atoms with Crippen LogP contribution in [0.4, 0.5) is 10.2 Å². The van der Waals surface area contributed by atoms with Gasteiger partial charge in [-0.2, -0.15) is 0 Å². The summed E-state index contributed by atoms with van der Waals surface area (Å²) in [6.07, 6.45) is 1.54. The Labute approximate surface area is 118 Å². The van der Waals surface area contributed by atoms with Crippen LogP contribution in [0.5, 0.6) is 0 Å². The topological polar surface area (TPSA) is 41.0 Å². The van der Waals surface area contributed by atoms with Gasteiger partial charge in [0.2, 0.25) is 0 Å². The van der Waals surface area contributed by atoms with E-state index in [4.69, 9.17) is 0 Å². The molecular weight excluding hydrogens is 255 g/mol. The molecule has 20 heavy (non-hydrogen) atoms. The monoisotopic (exact) mass is 274 g/mol. The van der Waals surface area contributed by atoms with Crippen LogP contribution >= 0.6 is 0 Å². The molecule has 2 rings (SSSR count). The van der Waals surface area contributed by atoms with Crippen molar-refractivity contribution in [2.75, 3.05) is 26.0 Å². The van der Waals surface area contributed by atoms with E-state index in [1.54, 1.807) is 6.33 Å². The molecule has 1 unspecified atom stereocenters. The third-order valence-electron chi connectivity index (χ3n) is 3.16. The van der Waals surface area contributed by atoms with E-state index >= 15 is 0 Å². The number of aryl methyl sites for hydroxylation is 1. The minimum atomic E-state index is -0.217. The van der Waals surface area contributed by atoms with Gasteiger partial charge >= 0.3 is 0 Å². The van der Waals surface area contributed by atoms with Gasteiger partial charge in [-0.1, -0.05) is 12.1 Å². The number of nitrogens with one attached hydrogen (secondary N) is 1. The molecule has 1 heterocycles. The fourth-order valence-corrected chi connectivity index (χ4v) is 2.04. The summed E-state index contributed by atoms with van der Waals surface area (Å²) in [6.45, 7) is 2.62. The SMILES string of the molecule is Cc1cc(NCC(c2ccc(F)cc2)N(C)C)ncn1. The zero-order chi connectivity index (χ0) is 14.5. The lowest BCUT2D eigenvalue weighted by molar-refractivity contribution is 0.311. The van der Waals surface area contributed by atoms with Gasteiger partial charge in [0, 0.05) is 18.3 Å². The molecule has 2 aromatic rings. The van der Waals surface area contributed by atoms with Gasteiger partial charge in [-0.3, -0.25) is 0 Å². The smallest absolute Gasteiger partial charge is 0.129 e. The van der Waals surface area contributed by atoms with E-state index in [1.807, 2.05) is 39.2 Å². The number of aromatic nitrogens is 2. The summed E-state index contributed by atoms with van der Waals surface area (Å²) in [7, 11) is 4.00. The molecule has 0 bridgehead atoms. The Hall–Kier alpha value is -2.01. The summed E-state index contributed by atoms with van der Waals surface area (Å²) in [5.41, 5.74) is 1.99. The van der Waals surface area contributed by atoms with Crippen molar-refractivity contribution in [3.63, 3.8) is 0 Å². The van der Waals surface area contributed by atoms with E-state index in [0.717, 1.165) is 17.1 Å². The standard InChI is InChI=1S/C15H19FN4/c1-11-8-15(19-10-18-11)17-9-14(20(2)3)12-4-6-13(16)7-5-12/h4-8,10,14H,9H2,1-3H3,(H,17,18,19). The minimum Gasteiger partial charge on any atom is -0.368 e. The maximum atomic E-state index is 13.0. The highest BCUT2D eigenvalue weighted by Crippen LogP contribution is 2.19. The lowest BCUT2D eigenvalue weighted by Gasteiger charge is -2.25. The van der Waals surface area contributed by atoms with Gasteiger partial charge in [0.1, 0.15) is 18.0 Å². The average molecular weight is 274 g/mol. The number of hydrogen-bond donors (Lipinski definition) is 1. The Morgan fingerprint density at radius 1 is 1.20 bits per heavy atom. The van der Waals surface area contributed by atoms with Crippen LogP contribution in [0.2, 0.25) is 0 Å². The van der Waals surface area contributed by atoms with Crippen LogP contribution in [-0.4, -0.2) is 35.5 Å². The van der Waals surface area contributed by atoms with E-state index < -0.39 is 0 Å². The van der Waals surface area contributed by atoms with Gasteiger partial charge in [0.25, 0.3) is 0 Å². The first kappa shape index (κ1) is 14.4. The Bertz CT molecular complexity index is 554. The lowest BCUT2D eigenvalue weighted by atomic mass is 10.1. The van der Waals surface area contributed by atoms with E-state index in [-0.39, 0.29) is 11.9 Å². The lowest BCUT2D eigenvalue weighted by Crippen LogP contribution is -2.27. The fraction of sp³-hybridized carbons (Fsp3) is 0.333. The molecule has 0 saturated carbocycles. The molecule has 0 fully saturated rings. The van der Waals surface area contributed by atoms with Crippen molar-refractivity contribution in [1.82, 2.24) is 14.9 Å². The van der Waals surface area contributed by atoms with Gasteiger partial charge in [-0.05, 0) is 38.7 Å². The zero-order valence-electron chi connectivity index (χ0n) is 12.0. The van der Waals surface area contributed by atoms with Crippen LogP contribution in [0.1, 0.15) is 17.3 Å². The molecule has 4 nitrogen and oxygen atoms in total. The summed E-state index contributed by atoms with van der Waals surface area (Å²) in [5.74, 6) is 0.581. The predicted molar refractivity (Wildman–Crippen MR) is 78.1 cm³/mol. The highest BCUT2D eigenvalue weighted by atomic mass is 19.1. The third kappa shape index (κ3) is 3.74. The minimum absolute atomic E-state index is 0.144. The molecule has 0 aliphatic rings. The number of hydrogen-bond acceptors (Lipinski definition) is 4. The second kappa shape index (κ2) is 6.43. The highest BCUT2D eigenvalue weighted by molar-refractivity contribution is 5.35. The Morgan fingerprint density at radius 3 is 2.50 bits per heavy atom. The number of nitrogens with zero attached hydrogens (tertiary/aromatic N) is 3. The molecule has 0 spiro atoms. The van der Waals surface area contributed by atoms with Gasteiger partial charge in [-0.15, -0.1) is 0 Å². The maximum absolute atomic E-state index is 13.0. The first-order valence-electron chi connectivity index (χ1n) is 6.50. The molecule has 1 atom stereocenters. The molecule has 5 heteroatoms.